The number of hydrogen-bond acceptors (Lipinski definition) is 4. The predicted molar refractivity (Wildman–Crippen MR) is 92.0 cm³/mol. The second-order valence-corrected chi connectivity index (χ2v) is 6.03. The molecule has 1 N–H and O–H groups in total. The molecule has 0 heterocycles. The molecule has 7 heteroatoms. The third-order valence-corrected chi connectivity index (χ3v) is 4.04. The molecule has 0 fully saturated rings. The lowest BCUT2D eigenvalue weighted by Gasteiger charge is -2.21. The van der Waals surface area contributed by atoms with Gasteiger partial charge in [-0.3, -0.25) is 15.1 Å². The van der Waals surface area contributed by atoms with Crippen LogP contribution in [0.25, 0.3) is 0 Å². The molecule has 0 radical (unpaired) electrons. The number of nitro groups is 1. The summed E-state index contributed by atoms with van der Waals surface area (Å²) in [6.45, 7) is 0.411. The smallest absolute Gasteiger partial charge is 0.270 e. The fourth-order valence-corrected chi connectivity index (χ4v) is 2.62. The molecule has 1 atom stereocenters. The number of nitrogens with one attached hydrogen (secondary N) is 1. The minimum Gasteiger partial charge on any atom is -0.872 e. The largest absolute Gasteiger partial charge is 0.872 e. The second kappa shape index (κ2) is 7.90. The number of aliphatic imine (C=N–C) groups is 1. The van der Waals surface area contributed by atoms with Gasteiger partial charge < -0.3 is 10.0 Å². The van der Waals surface area contributed by atoms with E-state index in [4.69, 9.17) is 11.6 Å². The Kier molecular flexibility index (Phi) is 5.89. The first-order chi connectivity index (χ1) is 11.4. The molecule has 0 aromatic heterocycles. The molecule has 6 nitrogen and oxygen atoms in total. The maximum absolute atomic E-state index is 11.8. The van der Waals surface area contributed by atoms with Crippen LogP contribution in [0.3, 0.4) is 0 Å². The van der Waals surface area contributed by atoms with Crippen LogP contribution < -0.4 is 10.0 Å². The molecule has 0 spiro atoms. The van der Waals surface area contributed by atoms with E-state index in [1.54, 1.807) is 0 Å². The molecule has 0 aliphatic heterocycles. The summed E-state index contributed by atoms with van der Waals surface area (Å²) >= 11 is 6.25. The Balaban J connectivity index is 2.21. The molecule has 2 aromatic carbocycles. The lowest BCUT2D eigenvalue weighted by atomic mass is 10.1. The molecule has 2 rings (SSSR count). The summed E-state index contributed by atoms with van der Waals surface area (Å²) in [4.78, 5) is 15.7. The summed E-state index contributed by atoms with van der Waals surface area (Å²) in [6, 6.07) is 11.2. The molecule has 2 aromatic rings. The van der Waals surface area contributed by atoms with Crippen molar-refractivity contribution in [3.8, 4) is 5.75 Å². The van der Waals surface area contributed by atoms with Gasteiger partial charge in [-0.25, -0.2) is 0 Å². The van der Waals surface area contributed by atoms with Gasteiger partial charge in [0, 0.05) is 28.9 Å². The zero-order chi connectivity index (χ0) is 17.7. The minimum absolute atomic E-state index is 0.0174. The molecule has 0 aliphatic carbocycles. The quantitative estimate of drug-likeness (QED) is 0.489. The van der Waals surface area contributed by atoms with Crippen molar-refractivity contribution in [1.82, 2.24) is 0 Å². The van der Waals surface area contributed by atoms with Crippen molar-refractivity contribution in [2.45, 2.75) is 6.04 Å². The van der Waals surface area contributed by atoms with E-state index in [1.165, 1.54) is 24.4 Å². The van der Waals surface area contributed by atoms with Crippen LogP contribution in [0.2, 0.25) is 5.02 Å². The summed E-state index contributed by atoms with van der Waals surface area (Å²) in [7, 11) is 3.99. The Morgan fingerprint density at radius 2 is 2.00 bits per heavy atom. The van der Waals surface area contributed by atoms with E-state index >= 15 is 0 Å². The van der Waals surface area contributed by atoms with Crippen molar-refractivity contribution in [3.63, 3.8) is 0 Å². The van der Waals surface area contributed by atoms with Gasteiger partial charge in [-0.05, 0) is 11.6 Å². The number of rotatable bonds is 6. The number of quaternary nitrogens is 1. The molecule has 0 amide bonds. The van der Waals surface area contributed by atoms with Crippen LogP contribution in [0.15, 0.2) is 47.5 Å². The fourth-order valence-electron chi connectivity index (χ4n) is 2.36. The third kappa shape index (κ3) is 4.31. The van der Waals surface area contributed by atoms with Crippen molar-refractivity contribution < 1.29 is 14.9 Å². The van der Waals surface area contributed by atoms with Crippen molar-refractivity contribution in [1.29, 1.82) is 0 Å². The second-order valence-electron chi connectivity index (χ2n) is 5.62. The highest BCUT2D eigenvalue weighted by Crippen LogP contribution is 2.22. The number of benzene rings is 2. The SMILES string of the molecule is C[NH+](C)[C@@H](CN=Cc1cc([N+](=O)[O-])ccc1[O-])c1ccccc1Cl. The van der Waals surface area contributed by atoms with Crippen LogP contribution >= 0.6 is 11.6 Å². The van der Waals surface area contributed by atoms with Gasteiger partial charge >= 0.3 is 0 Å². The fraction of sp³-hybridized carbons (Fsp3) is 0.235. The van der Waals surface area contributed by atoms with E-state index in [9.17, 15) is 15.2 Å². The van der Waals surface area contributed by atoms with Crippen LogP contribution in [-0.4, -0.2) is 31.8 Å². The average Bonchev–Trinajstić information content (AvgIpc) is 2.53. The number of hydrogen-bond donors (Lipinski definition) is 1. The van der Waals surface area contributed by atoms with Gasteiger partial charge in [-0.2, -0.15) is 0 Å². The first-order valence-electron chi connectivity index (χ1n) is 7.40. The van der Waals surface area contributed by atoms with Gasteiger partial charge in [0.05, 0.1) is 25.6 Å². The molecule has 24 heavy (non-hydrogen) atoms. The number of likely N-dealkylation sites (N-methyl/N-ethyl adjacent to an activating group) is 1. The molecule has 0 saturated heterocycles. The summed E-state index contributed by atoms with van der Waals surface area (Å²) in [6.07, 6.45) is 1.39. The molecular formula is C17H18ClN3O3. The van der Waals surface area contributed by atoms with Crippen LogP contribution in [-0.2, 0) is 0 Å². The first kappa shape index (κ1) is 17.9. The third-order valence-electron chi connectivity index (χ3n) is 3.70. The van der Waals surface area contributed by atoms with Crippen LogP contribution in [0.1, 0.15) is 17.2 Å². The summed E-state index contributed by atoms with van der Waals surface area (Å²) in [5.41, 5.74) is 1.05. The highest BCUT2D eigenvalue weighted by Gasteiger charge is 2.19. The Bertz CT molecular complexity index is 762. The maximum Gasteiger partial charge on any atom is 0.270 e. The van der Waals surface area contributed by atoms with Gasteiger partial charge in [0.25, 0.3) is 5.69 Å². The lowest BCUT2D eigenvalue weighted by molar-refractivity contribution is -0.890. The van der Waals surface area contributed by atoms with Gasteiger partial charge in [-0.1, -0.05) is 41.6 Å². The van der Waals surface area contributed by atoms with Crippen LogP contribution in [0.5, 0.6) is 5.75 Å². The molecular weight excluding hydrogens is 330 g/mol. The number of nitrogens with zero attached hydrogens (tertiary/aromatic N) is 2. The highest BCUT2D eigenvalue weighted by atomic mass is 35.5. The Labute approximate surface area is 145 Å². The van der Waals surface area contributed by atoms with E-state index < -0.39 is 4.92 Å². The number of nitro benzene ring substituents is 1. The monoisotopic (exact) mass is 347 g/mol. The highest BCUT2D eigenvalue weighted by molar-refractivity contribution is 6.31. The van der Waals surface area contributed by atoms with Crippen molar-refractivity contribution in [2.75, 3.05) is 20.6 Å². The molecule has 126 valence electrons. The predicted octanol–water partition coefficient (Wildman–Crippen LogP) is 1.63. The Morgan fingerprint density at radius 1 is 1.29 bits per heavy atom. The maximum atomic E-state index is 11.8. The summed E-state index contributed by atoms with van der Waals surface area (Å²) in [5, 5.41) is 23.3. The Morgan fingerprint density at radius 3 is 2.62 bits per heavy atom. The van der Waals surface area contributed by atoms with Gasteiger partial charge in [0.15, 0.2) is 0 Å². The first-order valence-corrected chi connectivity index (χ1v) is 7.77. The number of non-ortho nitro benzene ring substituents is 1. The zero-order valence-electron chi connectivity index (χ0n) is 13.4. The van der Waals surface area contributed by atoms with Crippen molar-refractivity contribution in [3.05, 3.63) is 68.7 Å². The van der Waals surface area contributed by atoms with E-state index in [2.05, 4.69) is 4.99 Å². The lowest BCUT2D eigenvalue weighted by Crippen LogP contribution is -3.06. The molecule has 0 aliphatic rings. The topological polar surface area (TPSA) is 83.0 Å². The number of halogens is 1. The molecule has 0 unspecified atom stereocenters. The van der Waals surface area contributed by atoms with E-state index in [1.807, 2.05) is 38.4 Å². The van der Waals surface area contributed by atoms with Gasteiger partial charge in [-0.15, -0.1) is 0 Å². The summed E-state index contributed by atoms with van der Waals surface area (Å²) in [5.74, 6) is -0.296. The summed E-state index contributed by atoms with van der Waals surface area (Å²) < 4.78 is 0. The van der Waals surface area contributed by atoms with Crippen molar-refractivity contribution >= 4 is 23.5 Å². The van der Waals surface area contributed by atoms with E-state index in [0.717, 1.165) is 10.5 Å². The van der Waals surface area contributed by atoms with Gasteiger partial charge in [0.2, 0.25) is 0 Å². The normalized spacial score (nSPS) is 12.7. The minimum atomic E-state index is -0.534. The zero-order valence-corrected chi connectivity index (χ0v) is 14.2. The standard InChI is InChI=1S/C17H18ClN3O3/c1-20(2)16(14-5-3-4-6-15(14)18)11-19-10-12-9-13(21(23)24)7-8-17(12)22/h3-10,16,22H,11H2,1-2H3/t16-/m0/s1. The van der Waals surface area contributed by atoms with Gasteiger partial charge in [0.1, 0.15) is 6.04 Å². The molecule has 0 bridgehead atoms. The Hall–Kier alpha value is -2.44. The van der Waals surface area contributed by atoms with Crippen LogP contribution in [0.4, 0.5) is 5.69 Å². The average molecular weight is 348 g/mol. The van der Waals surface area contributed by atoms with E-state index in [-0.39, 0.29) is 23.0 Å². The van der Waals surface area contributed by atoms with E-state index in [0.29, 0.717) is 11.6 Å². The molecule has 0 saturated carbocycles. The van der Waals surface area contributed by atoms with Crippen molar-refractivity contribution in [2.24, 2.45) is 4.99 Å². The van der Waals surface area contributed by atoms with Crippen LogP contribution in [0, 0.1) is 10.1 Å².